The summed E-state index contributed by atoms with van der Waals surface area (Å²) in [5.41, 5.74) is 5.18. The highest BCUT2D eigenvalue weighted by Gasteiger charge is 2.19. The number of rotatable bonds is 3. The number of hydrazine groups is 1. The average molecular weight is 142 g/mol. The maximum absolute atomic E-state index is 10.9. The van der Waals surface area contributed by atoms with E-state index in [1.807, 2.05) is 0 Å². The van der Waals surface area contributed by atoms with Crippen LogP contribution in [0.2, 0.25) is 0 Å². The predicted molar refractivity (Wildman–Crippen MR) is 39.2 cm³/mol. The summed E-state index contributed by atoms with van der Waals surface area (Å²) in [4.78, 5) is 10.9. The number of hydrogen-bond acceptors (Lipinski definition) is 2. The Kier molecular flexibility index (Phi) is 2.68. The van der Waals surface area contributed by atoms with E-state index >= 15 is 0 Å². The van der Waals surface area contributed by atoms with Gasteiger partial charge in [-0.05, 0) is 18.8 Å². The van der Waals surface area contributed by atoms with Crippen molar-refractivity contribution in [2.75, 3.05) is 7.05 Å². The maximum Gasteiger partial charge on any atom is 0.234 e. The molecule has 0 spiro atoms. The van der Waals surface area contributed by atoms with Gasteiger partial charge in [0.25, 0.3) is 0 Å². The third-order valence-electron chi connectivity index (χ3n) is 1.96. The van der Waals surface area contributed by atoms with E-state index in [4.69, 9.17) is 0 Å². The van der Waals surface area contributed by atoms with Crippen LogP contribution in [0.4, 0.5) is 0 Å². The van der Waals surface area contributed by atoms with Gasteiger partial charge in [-0.25, -0.2) is 5.43 Å². The third-order valence-corrected chi connectivity index (χ3v) is 1.96. The fourth-order valence-corrected chi connectivity index (χ4v) is 1.15. The minimum absolute atomic E-state index is 0.118. The Labute approximate surface area is 61.2 Å². The molecule has 0 saturated heterocycles. The van der Waals surface area contributed by atoms with Crippen molar-refractivity contribution in [2.45, 2.75) is 25.7 Å². The Morgan fingerprint density at radius 3 is 2.70 bits per heavy atom. The minimum Gasteiger partial charge on any atom is -0.292 e. The van der Waals surface area contributed by atoms with Gasteiger partial charge in [0.1, 0.15) is 0 Å². The van der Waals surface area contributed by atoms with Gasteiger partial charge in [-0.15, -0.1) is 0 Å². The summed E-state index contributed by atoms with van der Waals surface area (Å²) in [6, 6.07) is 0. The SMILES string of the molecule is CNNC(=O)CC1CCC1. The zero-order valence-corrected chi connectivity index (χ0v) is 6.31. The number of amides is 1. The fourth-order valence-electron chi connectivity index (χ4n) is 1.15. The van der Waals surface area contributed by atoms with Crippen LogP contribution in [0, 0.1) is 5.92 Å². The first-order chi connectivity index (χ1) is 4.83. The van der Waals surface area contributed by atoms with Crippen molar-refractivity contribution in [3.05, 3.63) is 0 Å². The van der Waals surface area contributed by atoms with E-state index in [-0.39, 0.29) is 5.91 Å². The molecule has 10 heavy (non-hydrogen) atoms. The third kappa shape index (κ3) is 1.99. The van der Waals surface area contributed by atoms with Gasteiger partial charge in [0.2, 0.25) is 5.91 Å². The van der Waals surface area contributed by atoms with Gasteiger partial charge in [0, 0.05) is 13.5 Å². The van der Waals surface area contributed by atoms with E-state index in [9.17, 15) is 4.79 Å². The van der Waals surface area contributed by atoms with E-state index in [1.165, 1.54) is 19.3 Å². The van der Waals surface area contributed by atoms with Gasteiger partial charge in [-0.3, -0.25) is 10.2 Å². The van der Waals surface area contributed by atoms with Crippen molar-refractivity contribution in [1.29, 1.82) is 0 Å². The Morgan fingerprint density at radius 2 is 2.30 bits per heavy atom. The van der Waals surface area contributed by atoms with Crippen molar-refractivity contribution >= 4 is 5.91 Å². The monoisotopic (exact) mass is 142 g/mol. The molecule has 0 aromatic heterocycles. The van der Waals surface area contributed by atoms with Crippen LogP contribution >= 0.6 is 0 Å². The van der Waals surface area contributed by atoms with Crippen LogP contribution in [0.25, 0.3) is 0 Å². The predicted octanol–water partition coefficient (Wildman–Crippen LogP) is 0.427. The molecule has 0 radical (unpaired) electrons. The normalized spacial score (nSPS) is 18.1. The molecule has 0 heterocycles. The molecule has 0 atom stereocenters. The summed E-state index contributed by atoms with van der Waals surface area (Å²) in [7, 11) is 1.71. The van der Waals surface area contributed by atoms with E-state index in [0.29, 0.717) is 12.3 Å². The Morgan fingerprint density at radius 1 is 1.60 bits per heavy atom. The molecule has 3 heteroatoms. The highest BCUT2D eigenvalue weighted by molar-refractivity contribution is 5.75. The largest absolute Gasteiger partial charge is 0.292 e. The highest BCUT2D eigenvalue weighted by atomic mass is 16.2. The standard InChI is InChI=1S/C7H14N2O/c1-8-9-7(10)5-6-3-2-4-6/h6,8H,2-5H2,1H3,(H,9,10). The van der Waals surface area contributed by atoms with Crippen LogP contribution in [0.15, 0.2) is 0 Å². The molecule has 58 valence electrons. The molecule has 1 saturated carbocycles. The first-order valence-electron chi connectivity index (χ1n) is 3.78. The second-order valence-corrected chi connectivity index (χ2v) is 2.80. The zero-order valence-electron chi connectivity index (χ0n) is 6.31. The lowest BCUT2D eigenvalue weighted by Crippen LogP contribution is -2.36. The van der Waals surface area contributed by atoms with Crippen molar-refractivity contribution in [3.63, 3.8) is 0 Å². The molecule has 1 aliphatic carbocycles. The van der Waals surface area contributed by atoms with Crippen LogP contribution in [-0.4, -0.2) is 13.0 Å². The first kappa shape index (κ1) is 7.54. The van der Waals surface area contributed by atoms with Crippen LogP contribution < -0.4 is 10.9 Å². The Balaban J connectivity index is 2.05. The molecule has 2 N–H and O–H groups in total. The highest BCUT2D eigenvalue weighted by Crippen LogP contribution is 2.28. The lowest BCUT2D eigenvalue weighted by atomic mass is 9.83. The lowest BCUT2D eigenvalue weighted by molar-refractivity contribution is -0.123. The van der Waals surface area contributed by atoms with E-state index in [2.05, 4.69) is 10.9 Å². The minimum atomic E-state index is 0.118. The molecule has 1 fully saturated rings. The van der Waals surface area contributed by atoms with Crippen molar-refractivity contribution in [1.82, 2.24) is 10.9 Å². The van der Waals surface area contributed by atoms with E-state index in [0.717, 1.165) is 0 Å². The van der Waals surface area contributed by atoms with Gasteiger partial charge in [-0.2, -0.15) is 0 Å². The smallest absolute Gasteiger partial charge is 0.234 e. The summed E-state index contributed by atoms with van der Waals surface area (Å²) in [6.45, 7) is 0. The molecule has 1 aliphatic rings. The van der Waals surface area contributed by atoms with Gasteiger partial charge in [0.05, 0.1) is 0 Å². The lowest BCUT2D eigenvalue weighted by Gasteiger charge is -2.24. The molecule has 1 rings (SSSR count). The molecule has 1 amide bonds. The van der Waals surface area contributed by atoms with Gasteiger partial charge in [-0.1, -0.05) is 6.42 Å². The fraction of sp³-hybridized carbons (Fsp3) is 0.857. The molecular formula is C7H14N2O. The summed E-state index contributed by atoms with van der Waals surface area (Å²) in [5.74, 6) is 0.778. The summed E-state index contributed by atoms with van der Waals surface area (Å²) >= 11 is 0. The topological polar surface area (TPSA) is 41.1 Å². The molecule has 0 unspecified atom stereocenters. The van der Waals surface area contributed by atoms with Gasteiger partial charge >= 0.3 is 0 Å². The molecule has 0 bridgehead atoms. The number of carbonyl (C=O) groups excluding carboxylic acids is 1. The van der Waals surface area contributed by atoms with Crippen molar-refractivity contribution < 1.29 is 4.79 Å². The molecule has 0 aromatic carbocycles. The first-order valence-corrected chi connectivity index (χ1v) is 3.78. The van der Waals surface area contributed by atoms with Crippen molar-refractivity contribution in [3.8, 4) is 0 Å². The van der Waals surface area contributed by atoms with Crippen LogP contribution in [0.3, 0.4) is 0 Å². The quantitative estimate of drug-likeness (QED) is 0.561. The number of hydrogen-bond donors (Lipinski definition) is 2. The van der Waals surface area contributed by atoms with Gasteiger partial charge in [0.15, 0.2) is 0 Å². The van der Waals surface area contributed by atoms with E-state index < -0.39 is 0 Å². The Hall–Kier alpha value is -0.570. The van der Waals surface area contributed by atoms with Gasteiger partial charge < -0.3 is 0 Å². The molecular weight excluding hydrogens is 128 g/mol. The Bertz CT molecular complexity index is 121. The zero-order chi connectivity index (χ0) is 7.40. The molecule has 0 aliphatic heterocycles. The molecule has 3 nitrogen and oxygen atoms in total. The van der Waals surface area contributed by atoms with Crippen LogP contribution in [0.1, 0.15) is 25.7 Å². The summed E-state index contributed by atoms with van der Waals surface area (Å²) in [5, 5.41) is 0. The van der Waals surface area contributed by atoms with Crippen molar-refractivity contribution in [2.24, 2.45) is 5.92 Å². The number of carbonyl (C=O) groups is 1. The number of nitrogens with one attached hydrogen (secondary N) is 2. The summed E-state index contributed by atoms with van der Waals surface area (Å²) < 4.78 is 0. The molecule has 0 aromatic rings. The second kappa shape index (κ2) is 3.56. The van der Waals surface area contributed by atoms with E-state index in [1.54, 1.807) is 7.05 Å². The second-order valence-electron chi connectivity index (χ2n) is 2.80. The maximum atomic E-state index is 10.9. The van der Waals surface area contributed by atoms with Crippen LogP contribution in [0.5, 0.6) is 0 Å². The van der Waals surface area contributed by atoms with Crippen LogP contribution in [-0.2, 0) is 4.79 Å². The average Bonchev–Trinajstić information content (AvgIpc) is 1.80. The summed E-state index contributed by atoms with van der Waals surface area (Å²) in [6.07, 6.45) is 4.46.